The first-order chi connectivity index (χ1) is 16.2. The molecule has 0 aliphatic rings. The van der Waals surface area contributed by atoms with Crippen LogP contribution in [0.25, 0.3) is 0 Å². The molecule has 0 fully saturated rings. The fourth-order valence-electron chi connectivity index (χ4n) is 3.84. The summed E-state index contributed by atoms with van der Waals surface area (Å²) in [4.78, 5) is 13.1. The third-order valence-corrected chi connectivity index (χ3v) is 6.17. The van der Waals surface area contributed by atoms with Crippen LogP contribution < -0.4 is 10.1 Å². The van der Waals surface area contributed by atoms with Crippen molar-refractivity contribution >= 4 is 23.2 Å². The van der Waals surface area contributed by atoms with Gasteiger partial charge in [0.25, 0.3) is 5.91 Å². The fourth-order valence-corrected chi connectivity index (χ4v) is 4.04. The maximum atomic E-state index is 13.1. The molecule has 2 aromatic heterocycles. The first kappa shape index (κ1) is 23.6. The van der Waals surface area contributed by atoms with E-state index < -0.39 is 0 Å². The molecular weight excluding hydrogens is 452 g/mol. The summed E-state index contributed by atoms with van der Waals surface area (Å²) in [5.41, 5.74) is 6.09. The van der Waals surface area contributed by atoms with E-state index in [0.29, 0.717) is 34.3 Å². The maximum absolute atomic E-state index is 13.1. The van der Waals surface area contributed by atoms with Gasteiger partial charge in [-0.15, -0.1) is 0 Å². The standard InChI is InChI=1S/C26H27ClN4O3/c1-15-10-11-23(16(2)12-15)33-14-21-19(5)34-30-25(21)26(32)28-24-17(3)29-31(18(24)4)13-20-8-6-7-9-22(20)27/h6-12H,13-14H2,1-5H3,(H,28,32). The Morgan fingerprint density at radius 1 is 1.12 bits per heavy atom. The van der Waals surface area contributed by atoms with Gasteiger partial charge in [0.15, 0.2) is 5.69 Å². The molecule has 0 atom stereocenters. The molecule has 0 unspecified atom stereocenters. The lowest BCUT2D eigenvalue weighted by molar-refractivity contribution is 0.101. The first-order valence-electron chi connectivity index (χ1n) is 11.0. The van der Waals surface area contributed by atoms with Crippen molar-refractivity contribution in [3.63, 3.8) is 0 Å². The topological polar surface area (TPSA) is 82.2 Å². The van der Waals surface area contributed by atoms with Crippen LogP contribution in [0.2, 0.25) is 5.02 Å². The number of benzene rings is 2. The molecular formula is C26H27ClN4O3. The summed E-state index contributed by atoms with van der Waals surface area (Å²) in [5.74, 6) is 0.919. The number of carbonyl (C=O) groups excluding carboxylic acids is 1. The van der Waals surface area contributed by atoms with Gasteiger partial charge in [0, 0.05) is 5.02 Å². The van der Waals surface area contributed by atoms with Crippen LogP contribution in [-0.4, -0.2) is 20.8 Å². The second-order valence-corrected chi connectivity index (χ2v) is 8.78. The van der Waals surface area contributed by atoms with Gasteiger partial charge in [-0.05, 0) is 57.9 Å². The zero-order valence-electron chi connectivity index (χ0n) is 19.9. The van der Waals surface area contributed by atoms with E-state index in [9.17, 15) is 4.79 Å². The SMILES string of the molecule is Cc1ccc(OCc2c(C(=O)Nc3c(C)nn(Cc4ccccc4Cl)c3C)noc2C)c(C)c1. The van der Waals surface area contributed by atoms with Crippen LogP contribution in [-0.2, 0) is 13.2 Å². The molecule has 0 bridgehead atoms. The van der Waals surface area contributed by atoms with Crippen molar-refractivity contribution in [1.29, 1.82) is 0 Å². The average Bonchev–Trinajstić information content (AvgIpc) is 3.29. The van der Waals surface area contributed by atoms with Gasteiger partial charge in [0.05, 0.1) is 29.2 Å². The molecule has 2 aromatic carbocycles. The molecule has 1 amide bonds. The van der Waals surface area contributed by atoms with Crippen LogP contribution in [0.15, 0.2) is 47.0 Å². The van der Waals surface area contributed by atoms with Gasteiger partial charge in [-0.2, -0.15) is 5.10 Å². The zero-order chi connectivity index (χ0) is 24.4. The van der Waals surface area contributed by atoms with Crippen LogP contribution in [0.5, 0.6) is 5.75 Å². The molecule has 2 heterocycles. The Labute approximate surface area is 203 Å². The summed E-state index contributed by atoms with van der Waals surface area (Å²) >= 11 is 6.31. The summed E-state index contributed by atoms with van der Waals surface area (Å²) in [6.07, 6.45) is 0. The Morgan fingerprint density at radius 2 is 1.88 bits per heavy atom. The lowest BCUT2D eigenvalue weighted by Gasteiger charge is -2.10. The molecule has 0 saturated heterocycles. The minimum atomic E-state index is -0.375. The number of halogens is 1. The summed E-state index contributed by atoms with van der Waals surface area (Å²) in [6.45, 7) is 10.2. The third-order valence-electron chi connectivity index (χ3n) is 5.80. The van der Waals surface area contributed by atoms with E-state index in [1.54, 1.807) is 6.92 Å². The number of nitrogens with one attached hydrogen (secondary N) is 1. The second kappa shape index (κ2) is 9.73. The monoisotopic (exact) mass is 478 g/mol. The Balaban J connectivity index is 1.52. The largest absolute Gasteiger partial charge is 0.488 e. The number of amides is 1. The number of aromatic nitrogens is 3. The number of rotatable bonds is 7. The molecule has 4 aromatic rings. The second-order valence-electron chi connectivity index (χ2n) is 8.37. The Kier molecular flexibility index (Phi) is 6.75. The van der Waals surface area contributed by atoms with Gasteiger partial charge >= 0.3 is 0 Å². The van der Waals surface area contributed by atoms with E-state index in [4.69, 9.17) is 20.9 Å². The van der Waals surface area contributed by atoms with Crippen molar-refractivity contribution in [3.05, 3.63) is 92.6 Å². The molecule has 0 aliphatic carbocycles. The van der Waals surface area contributed by atoms with Crippen molar-refractivity contribution in [2.75, 3.05) is 5.32 Å². The van der Waals surface area contributed by atoms with E-state index in [0.717, 1.165) is 28.1 Å². The van der Waals surface area contributed by atoms with Gasteiger partial charge in [-0.3, -0.25) is 9.48 Å². The summed E-state index contributed by atoms with van der Waals surface area (Å²) < 4.78 is 13.1. The molecule has 0 aliphatic heterocycles. The maximum Gasteiger partial charge on any atom is 0.278 e. The van der Waals surface area contributed by atoms with Crippen molar-refractivity contribution in [2.45, 2.75) is 47.8 Å². The van der Waals surface area contributed by atoms with Gasteiger partial charge < -0.3 is 14.6 Å². The van der Waals surface area contributed by atoms with Crippen molar-refractivity contribution in [1.82, 2.24) is 14.9 Å². The van der Waals surface area contributed by atoms with E-state index in [2.05, 4.69) is 21.6 Å². The van der Waals surface area contributed by atoms with Gasteiger partial charge in [0.2, 0.25) is 0 Å². The molecule has 1 N–H and O–H groups in total. The summed E-state index contributed by atoms with van der Waals surface area (Å²) in [7, 11) is 0. The molecule has 0 spiro atoms. The normalized spacial score (nSPS) is 11.0. The van der Waals surface area contributed by atoms with E-state index >= 15 is 0 Å². The molecule has 7 nitrogen and oxygen atoms in total. The smallest absolute Gasteiger partial charge is 0.278 e. The lowest BCUT2D eigenvalue weighted by Crippen LogP contribution is -2.16. The highest BCUT2D eigenvalue weighted by Crippen LogP contribution is 2.25. The molecule has 0 radical (unpaired) electrons. The number of hydrogen-bond acceptors (Lipinski definition) is 5. The minimum absolute atomic E-state index is 0.172. The zero-order valence-corrected chi connectivity index (χ0v) is 20.7. The number of hydrogen-bond donors (Lipinski definition) is 1. The Morgan fingerprint density at radius 3 is 2.62 bits per heavy atom. The summed E-state index contributed by atoms with van der Waals surface area (Å²) in [5, 5.41) is 12.2. The molecule has 0 saturated carbocycles. The lowest BCUT2D eigenvalue weighted by atomic mass is 10.1. The van der Waals surface area contributed by atoms with Gasteiger partial charge in [-0.1, -0.05) is 52.7 Å². The highest BCUT2D eigenvalue weighted by atomic mass is 35.5. The number of carbonyl (C=O) groups is 1. The van der Waals surface area contributed by atoms with Crippen LogP contribution in [0.4, 0.5) is 5.69 Å². The van der Waals surface area contributed by atoms with E-state index in [1.807, 2.05) is 68.8 Å². The van der Waals surface area contributed by atoms with Gasteiger partial charge in [-0.25, -0.2) is 0 Å². The highest BCUT2D eigenvalue weighted by molar-refractivity contribution is 6.31. The predicted molar refractivity (Wildman–Crippen MR) is 132 cm³/mol. The minimum Gasteiger partial charge on any atom is -0.488 e. The molecule has 4 rings (SSSR count). The van der Waals surface area contributed by atoms with Crippen LogP contribution in [0.3, 0.4) is 0 Å². The van der Waals surface area contributed by atoms with Crippen molar-refractivity contribution in [2.24, 2.45) is 0 Å². The predicted octanol–water partition coefficient (Wildman–Crippen LogP) is 5.95. The Bertz CT molecular complexity index is 1360. The molecule has 34 heavy (non-hydrogen) atoms. The Hall–Kier alpha value is -3.58. The van der Waals surface area contributed by atoms with Crippen LogP contribution in [0.1, 0.15) is 49.9 Å². The first-order valence-corrected chi connectivity index (χ1v) is 11.4. The van der Waals surface area contributed by atoms with Crippen molar-refractivity contribution < 1.29 is 14.1 Å². The summed E-state index contributed by atoms with van der Waals surface area (Å²) in [6, 6.07) is 13.6. The number of aryl methyl sites for hydroxylation is 4. The number of nitrogens with zero attached hydrogens (tertiary/aromatic N) is 3. The quantitative estimate of drug-likeness (QED) is 0.355. The number of anilines is 1. The molecule has 176 valence electrons. The number of ether oxygens (including phenoxy) is 1. The average molecular weight is 479 g/mol. The fraction of sp³-hybridized carbons (Fsp3) is 0.269. The van der Waals surface area contributed by atoms with Crippen molar-refractivity contribution in [3.8, 4) is 5.75 Å². The third kappa shape index (κ3) is 4.84. The highest BCUT2D eigenvalue weighted by Gasteiger charge is 2.23. The van der Waals surface area contributed by atoms with E-state index in [1.165, 1.54) is 0 Å². The van der Waals surface area contributed by atoms with Crippen LogP contribution in [0, 0.1) is 34.6 Å². The van der Waals surface area contributed by atoms with E-state index in [-0.39, 0.29) is 18.2 Å². The van der Waals surface area contributed by atoms with Gasteiger partial charge in [0.1, 0.15) is 18.1 Å². The molecule has 8 heteroatoms. The van der Waals surface area contributed by atoms with Crippen LogP contribution >= 0.6 is 11.6 Å².